The summed E-state index contributed by atoms with van der Waals surface area (Å²) in [4.78, 5) is 4.06. The number of halogens is 1. The summed E-state index contributed by atoms with van der Waals surface area (Å²) in [5.74, 6) is 0.431. The van der Waals surface area contributed by atoms with Crippen LogP contribution in [0.5, 0.6) is 0 Å². The van der Waals surface area contributed by atoms with Crippen molar-refractivity contribution in [2.45, 2.75) is 13.8 Å². The van der Waals surface area contributed by atoms with Gasteiger partial charge in [-0.1, -0.05) is 29.3 Å². The molecular weight excluding hydrogens is 222 g/mol. The molecule has 0 saturated heterocycles. The molecular formula is C12H14ClN3. The molecule has 1 heterocycles. The zero-order chi connectivity index (χ0) is 11.9. The fourth-order valence-electron chi connectivity index (χ4n) is 1.76. The fourth-order valence-corrected chi connectivity index (χ4v) is 2.08. The topological polar surface area (TPSA) is 43.8 Å². The molecule has 1 aromatic carbocycles. The minimum absolute atomic E-state index is 0.431. The molecule has 0 fully saturated rings. The normalized spacial score (nSPS) is 10.8. The van der Waals surface area contributed by atoms with Gasteiger partial charge in [0, 0.05) is 12.6 Å². The first kappa shape index (κ1) is 11.0. The van der Waals surface area contributed by atoms with Crippen LogP contribution in [0.25, 0.3) is 11.3 Å². The highest BCUT2D eigenvalue weighted by atomic mass is 35.5. The third kappa shape index (κ3) is 1.67. The van der Waals surface area contributed by atoms with E-state index in [1.165, 1.54) is 5.56 Å². The minimum atomic E-state index is 0.431. The highest BCUT2D eigenvalue weighted by molar-refractivity contribution is 6.32. The maximum atomic E-state index is 6.10. The molecule has 0 aliphatic rings. The number of hydrogen-bond donors (Lipinski definition) is 1. The van der Waals surface area contributed by atoms with Gasteiger partial charge >= 0.3 is 0 Å². The van der Waals surface area contributed by atoms with E-state index in [0.717, 1.165) is 16.8 Å². The Morgan fingerprint density at radius 2 is 2.00 bits per heavy atom. The number of anilines is 1. The number of nitrogens with two attached hydrogens (primary N) is 1. The van der Waals surface area contributed by atoms with E-state index in [0.29, 0.717) is 11.1 Å². The van der Waals surface area contributed by atoms with Crippen molar-refractivity contribution >= 4 is 17.5 Å². The van der Waals surface area contributed by atoms with Gasteiger partial charge in [0.2, 0.25) is 5.95 Å². The Balaban J connectivity index is 2.71. The first-order valence-electron chi connectivity index (χ1n) is 5.06. The second kappa shape index (κ2) is 3.83. The molecule has 84 valence electrons. The van der Waals surface area contributed by atoms with E-state index < -0.39 is 0 Å². The first-order chi connectivity index (χ1) is 7.50. The Morgan fingerprint density at radius 1 is 1.31 bits per heavy atom. The molecule has 2 aromatic rings. The number of nitrogens with zero attached hydrogens (tertiary/aromatic N) is 2. The van der Waals surface area contributed by atoms with Crippen LogP contribution in [0.1, 0.15) is 11.1 Å². The number of nitrogen functional groups attached to an aromatic ring is 1. The lowest BCUT2D eigenvalue weighted by Crippen LogP contribution is -1.99. The summed E-state index contributed by atoms with van der Waals surface area (Å²) in [7, 11) is 1.87. The van der Waals surface area contributed by atoms with Gasteiger partial charge in [0.15, 0.2) is 5.15 Å². The highest BCUT2D eigenvalue weighted by Crippen LogP contribution is 2.31. The zero-order valence-corrected chi connectivity index (χ0v) is 10.3. The Bertz CT molecular complexity index is 543. The summed E-state index contributed by atoms with van der Waals surface area (Å²) in [6, 6.07) is 6.24. The van der Waals surface area contributed by atoms with Crippen molar-refractivity contribution in [2.24, 2.45) is 7.05 Å². The Labute approximate surface area is 99.9 Å². The second-order valence-corrected chi connectivity index (χ2v) is 4.34. The van der Waals surface area contributed by atoms with E-state index >= 15 is 0 Å². The Kier molecular flexibility index (Phi) is 2.64. The Hall–Kier alpha value is -1.48. The molecule has 0 aliphatic carbocycles. The average Bonchev–Trinajstić information content (AvgIpc) is 2.46. The number of aryl methyl sites for hydroxylation is 2. The van der Waals surface area contributed by atoms with E-state index in [1.54, 1.807) is 0 Å². The first-order valence-corrected chi connectivity index (χ1v) is 5.44. The van der Waals surface area contributed by atoms with Crippen molar-refractivity contribution in [3.8, 4) is 11.3 Å². The lowest BCUT2D eigenvalue weighted by Gasteiger charge is -2.08. The van der Waals surface area contributed by atoms with Crippen LogP contribution < -0.4 is 5.73 Å². The van der Waals surface area contributed by atoms with Crippen LogP contribution in [0.2, 0.25) is 5.15 Å². The number of hydrogen-bond acceptors (Lipinski definition) is 2. The summed E-state index contributed by atoms with van der Waals surface area (Å²) in [6.07, 6.45) is 0. The predicted molar refractivity (Wildman–Crippen MR) is 67.5 cm³/mol. The van der Waals surface area contributed by atoms with Crippen molar-refractivity contribution < 1.29 is 0 Å². The highest BCUT2D eigenvalue weighted by Gasteiger charge is 2.14. The summed E-state index contributed by atoms with van der Waals surface area (Å²) < 4.78 is 1.81. The molecule has 16 heavy (non-hydrogen) atoms. The number of benzene rings is 1. The molecule has 2 N–H and O–H groups in total. The lowest BCUT2D eigenvalue weighted by atomic mass is 10.0. The van der Waals surface area contributed by atoms with Crippen molar-refractivity contribution in [3.63, 3.8) is 0 Å². The molecule has 3 nitrogen and oxygen atoms in total. The van der Waals surface area contributed by atoms with Crippen molar-refractivity contribution in [1.29, 1.82) is 0 Å². The predicted octanol–water partition coefficient (Wildman–Crippen LogP) is 2.94. The monoisotopic (exact) mass is 235 g/mol. The van der Waals surface area contributed by atoms with Crippen LogP contribution in [-0.4, -0.2) is 9.55 Å². The van der Waals surface area contributed by atoms with Gasteiger partial charge in [-0.15, -0.1) is 0 Å². The van der Waals surface area contributed by atoms with Gasteiger partial charge in [-0.25, -0.2) is 4.98 Å². The average molecular weight is 236 g/mol. The van der Waals surface area contributed by atoms with Crippen LogP contribution in [0.4, 0.5) is 5.95 Å². The van der Waals surface area contributed by atoms with Crippen molar-refractivity contribution in [3.05, 3.63) is 34.5 Å². The van der Waals surface area contributed by atoms with Gasteiger partial charge in [-0.3, -0.25) is 0 Å². The number of imidazole rings is 1. The van der Waals surface area contributed by atoms with Crippen LogP contribution in [0.15, 0.2) is 18.2 Å². The van der Waals surface area contributed by atoms with E-state index in [2.05, 4.69) is 30.1 Å². The fraction of sp³-hybridized carbons (Fsp3) is 0.250. The maximum Gasteiger partial charge on any atom is 0.201 e. The molecule has 0 saturated carbocycles. The summed E-state index contributed by atoms with van der Waals surface area (Å²) in [5, 5.41) is 0.453. The van der Waals surface area contributed by atoms with E-state index in [9.17, 15) is 0 Å². The van der Waals surface area contributed by atoms with Gasteiger partial charge < -0.3 is 10.3 Å². The van der Waals surface area contributed by atoms with E-state index in [-0.39, 0.29) is 0 Å². The van der Waals surface area contributed by atoms with E-state index in [4.69, 9.17) is 17.3 Å². The standard InChI is InChI=1S/C12H14ClN3/c1-7-4-5-8(2)9(6-7)10-11(13)15-12(14)16(10)3/h4-6H,1-3H3,(H2,14,15). The molecule has 0 bridgehead atoms. The Morgan fingerprint density at radius 3 is 2.56 bits per heavy atom. The second-order valence-electron chi connectivity index (χ2n) is 3.99. The molecule has 0 aliphatic heterocycles. The molecule has 0 radical (unpaired) electrons. The van der Waals surface area contributed by atoms with Gasteiger partial charge in [0.1, 0.15) is 0 Å². The summed E-state index contributed by atoms with van der Waals surface area (Å²) >= 11 is 6.10. The molecule has 0 amide bonds. The SMILES string of the molecule is Cc1ccc(C)c(-c2c(Cl)nc(N)n2C)c1. The van der Waals surface area contributed by atoms with Gasteiger partial charge in [-0.2, -0.15) is 0 Å². The molecule has 0 spiro atoms. The van der Waals surface area contributed by atoms with Crippen LogP contribution >= 0.6 is 11.6 Å². The smallest absolute Gasteiger partial charge is 0.201 e. The summed E-state index contributed by atoms with van der Waals surface area (Å²) in [5.41, 5.74) is 10.0. The molecule has 0 unspecified atom stereocenters. The largest absolute Gasteiger partial charge is 0.369 e. The van der Waals surface area contributed by atoms with Crippen LogP contribution in [0, 0.1) is 13.8 Å². The third-order valence-corrected chi connectivity index (χ3v) is 3.00. The van der Waals surface area contributed by atoms with Crippen molar-refractivity contribution in [2.75, 3.05) is 5.73 Å². The van der Waals surface area contributed by atoms with Crippen LogP contribution in [-0.2, 0) is 7.05 Å². The molecule has 0 atom stereocenters. The van der Waals surface area contributed by atoms with Crippen molar-refractivity contribution in [1.82, 2.24) is 9.55 Å². The third-order valence-electron chi connectivity index (χ3n) is 2.74. The van der Waals surface area contributed by atoms with Crippen LogP contribution in [0.3, 0.4) is 0 Å². The zero-order valence-electron chi connectivity index (χ0n) is 9.58. The number of rotatable bonds is 1. The molecule has 4 heteroatoms. The van der Waals surface area contributed by atoms with Gasteiger partial charge in [0.05, 0.1) is 5.69 Å². The minimum Gasteiger partial charge on any atom is -0.369 e. The molecule has 2 rings (SSSR count). The summed E-state index contributed by atoms with van der Waals surface area (Å²) in [6.45, 7) is 4.10. The maximum absolute atomic E-state index is 6.10. The quantitative estimate of drug-likeness (QED) is 0.826. The lowest BCUT2D eigenvalue weighted by molar-refractivity contribution is 0.937. The molecule has 1 aromatic heterocycles. The number of aromatic nitrogens is 2. The van der Waals surface area contributed by atoms with Gasteiger partial charge in [-0.05, 0) is 25.5 Å². The van der Waals surface area contributed by atoms with Gasteiger partial charge in [0.25, 0.3) is 0 Å². The van der Waals surface area contributed by atoms with E-state index in [1.807, 2.05) is 18.5 Å².